The zero-order chi connectivity index (χ0) is 14.6. The number of Topliss-reactive ketones (excluding diaryl/α,β-unsaturated/α-hetero) is 1. The van der Waals surface area contributed by atoms with Crippen LogP contribution in [0.3, 0.4) is 0 Å². The van der Waals surface area contributed by atoms with Crippen LogP contribution < -0.4 is 0 Å². The van der Waals surface area contributed by atoms with Gasteiger partial charge in [0, 0.05) is 12.1 Å². The molecule has 0 aliphatic rings. The van der Waals surface area contributed by atoms with Crippen molar-refractivity contribution in [3.63, 3.8) is 0 Å². The number of nitrogens with zero attached hydrogens (tertiary/aromatic N) is 1. The molecule has 0 fully saturated rings. The number of aliphatic hydroxyl groups excluding tert-OH is 1. The quantitative estimate of drug-likeness (QED) is 0.684. The lowest BCUT2D eigenvalue weighted by Crippen LogP contribution is -2.30. The molecule has 104 valence electrons. The number of hydrogen-bond donors (Lipinski definition) is 3. The average Bonchev–Trinajstić information content (AvgIpc) is 2.28. The molecule has 0 aliphatic heterocycles. The Kier molecular flexibility index (Phi) is 4.94. The highest BCUT2D eigenvalue weighted by Crippen LogP contribution is 2.31. The maximum Gasteiger partial charge on any atom is 0.143 e. The summed E-state index contributed by atoms with van der Waals surface area (Å²) < 4.78 is 0. The van der Waals surface area contributed by atoms with Gasteiger partial charge in [-0.2, -0.15) is 0 Å². The van der Waals surface area contributed by atoms with Crippen LogP contribution in [0.15, 0.2) is 24.5 Å². The normalized spacial score (nSPS) is 10.7. The number of benzene rings is 1. The maximum atomic E-state index is 11.2. The zero-order valence-corrected chi connectivity index (χ0v) is 11.2. The van der Waals surface area contributed by atoms with Gasteiger partial charge in [-0.1, -0.05) is 12.6 Å². The number of phenols is 2. The first-order valence-corrected chi connectivity index (χ1v) is 5.90. The molecule has 0 saturated carbocycles. The van der Waals surface area contributed by atoms with Gasteiger partial charge in [0.2, 0.25) is 0 Å². The van der Waals surface area contributed by atoms with Crippen LogP contribution in [0, 0.1) is 6.92 Å². The number of hydrogen-bond acceptors (Lipinski definition) is 5. The largest absolute Gasteiger partial charge is 0.512 e. The van der Waals surface area contributed by atoms with Crippen molar-refractivity contribution in [3.05, 3.63) is 35.6 Å². The Balaban J connectivity index is 2.98. The van der Waals surface area contributed by atoms with Gasteiger partial charge in [0.05, 0.1) is 18.8 Å². The molecule has 0 unspecified atom stereocenters. The van der Waals surface area contributed by atoms with E-state index >= 15 is 0 Å². The molecular formula is C14H19NO4. The van der Waals surface area contributed by atoms with E-state index in [-0.39, 0.29) is 42.7 Å². The monoisotopic (exact) mass is 265 g/mol. The lowest BCUT2D eigenvalue weighted by Gasteiger charge is -2.21. The molecule has 0 spiro atoms. The molecule has 1 aromatic carbocycles. The summed E-state index contributed by atoms with van der Waals surface area (Å²) in [5, 5.41) is 28.9. The molecule has 0 heterocycles. The molecule has 0 radical (unpaired) electrons. The van der Waals surface area contributed by atoms with E-state index in [1.165, 1.54) is 13.0 Å². The van der Waals surface area contributed by atoms with Gasteiger partial charge in [-0.15, -0.1) is 0 Å². The van der Waals surface area contributed by atoms with E-state index in [0.717, 1.165) is 0 Å². The first-order valence-electron chi connectivity index (χ1n) is 5.90. The number of carbonyl (C=O) groups is 1. The standard InChI is InChI=1S/C14H19NO4/c1-9-4-5-13(18)12(14(9)19)8-15(6-10(2)16)7-11(3)17/h4-5,16,18-19H,2,6-8H2,1,3H3. The fourth-order valence-electron chi connectivity index (χ4n) is 1.86. The summed E-state index contributed by atoms with van der Waals surface area (Å²) in [7, 11) is 0. The number of aryl methyl sites for hydroxylation is 1. The molecule has 3 N–H and O–H groups in total. The smallest absolute Gasteiger partial charge is 0.143 e. The molecule has 0 amide bonds. The number of phenolic OH excluding ortho intramolecular Hbond substituents is 2. The van der Waals surface area contributed by atoms with Crippen LogP contribution in [0.25, 0.3) is 0 Å². The van der Waals surface area contributed by atoms with E-state index in [2.05, 4.69) is 6.58 Å². The molecule has 5 nitrogen and oxygen atoms in total. The van der Waals surface area contributed by atoms with Crippen molar-refractivity contribution in [2.24, 2.45) is 0 Å². The van der Waals surface area contributed by atoms with Crippen molar-refractivity contribution in [3.8, 4) is 11.5 Å². The Morgan fingerprint density at radius 2 is 1.95 bits per heavy atom. The molecule has 5 heteroatoms. The van der Waals surface area contributed by atoms with E-state index in [0.29, 0.717) is 11.1 Å². The van der Waals surface area contributed by atoms with Crippen molar-refractivity contribution < 1.29 is 20.1 Å². The highest BCUT2D eigenvalue weighted by atomic mass is 16.3. The minimum absolute atomic E-state index is 0.00268. The third kappa shape index (κ3) is 4.30. The fraction of sp³-hybridized carbons (Fsp3) is 0.357. The molecule has 0 atom stereocenters. The van der Waals surface area contributed by atoms with Crippen LogP contribution in [0.4, 0.5) is 0 Å². The Hall–Kier alpha value is -2.01. The number of aromatic hydroxyl groups is 2. The SMILES string of the molecule is C=C(O)CN(CC(C)=O)Cc1c(O)ccc(C)c1O. The van der Waals surface area contributed by atoms with E-state index in [1.54, 1.807) is 17.9 Å². The second kappa shape index (κ2) is 6.24. The van der Waals surface area contributed by atoms with Gasteiger partial charge in [-0.05, 0) is 25.5 Å². The predicted octanol–water partition coefficient (Wildman–Crippen LogP) is 1.87. The molecule has 1 rings (SSSR count). The molecular weight excluding hydrogens is 246 g/mol. The van der Waals surface area contributed by atoms with Gasteiger partial charge in [0.25, 0.3) is 0 Å². The van der Waals surface area contributed by atoms with E-state index in [1.807, 2.05) is 0 Å². The Morgan fingerprint density at radius 3 is 2.47 bits per heavy atom. The molecule has 0 aromatic heterocycles. The van der Waals surface area contributed by atoms with Gasteiger partial charge in [0.15, 0.2) is 0 Å². The first-order chi connectivity index (χ1) is 8.81. The van der Waals surface area contributed by atoms with Crippen molar-refractivity contribution in [2.75, 3.05) is 13.1 Å². The van der Waals surface area contributed by atoms with Gasteiger partial charge < -0.3 is 15.3 Å². The van der Waals surface area contributed by atoms with Crippen molar-refractivity contribution in [2.45, 2.75) is 20.4 Å². The summed E-state index contributed by atoms with van der Waals surface area (Å²) >= 11 is 0. The Labute approximate surface area is 112 Å². The molecule has 0 aliphatic carbocycles. The lowest BCUT2D eigenvalue weighted by molar-refractivity contribution is -0.118. The van der Waals surface area contributed by atoms with Crippen LogP contribution >= 0.6 is 0 Å². The molecule has 19 heavy (non-hydrogen) atoms. The first kappa shape index (κ1) is 15.0. The van der Waals surface area contributed by atoms with E-state index in [9.17, 15) is 20.1 Å². The topological polar surface area (TPSA) is 81.0 Å². The maximum absolute atomic E-state index is 11.2. The average molecular weight is 265 g/mol. The number of rotatable bonds is 6. The summed E-state index contributed by atoms with van der Waals surface area (Å²) in [6.07, 6.45) is 0. The van der Waals surface area contributed by atoms with Gasteiger partial charge >= 0.3 is 0 Å². The summed E-state index contributed by atoms with van der Waals surface area (Å²) in [6, 6.07) is 3.10. The summed E-state index contributed by atoms with van der Waals surface area (Å²) in [5.41, 5.74) is 0.973. The Bertz CT molecular complexity index is 480. The fourth-order valence-corrected chi connectivity index (χ4v) is 1.86. The van der Waals surface area contributed by atoms with E-state index < -0.39 is 0 Å². The molecule has 0 saturated heterocycles. The highest BCUT2D eigenvalue weighted by molar-refractivity contribution is 5.77. The molecule has 1 aromatic rings. The Morgan fingerprint density at radius 1 is 1.32 bits per heavy atom. The van der Waals surface area contributed by atoms with E-state index in [4.69, 9.17) is 0 Å². The van der Waals surface area contributed by atoms with Gasteiger partial charge in [-0.25, -0.2) is 0 Å². The number of ketones is 1. The summed E-state index contributed by atoms with van der Waals surface area (Å²) in [5.74, 6) is -0.196. The highest BCUT2D eigenvalue weighted by Gasteiger charge is 2.16. The third-order valence-electron chi connectivity index (χ3n) is 2.69. The van der Waals surface area contributed by atoms with Crippen LogP contribution in [0.5, 0.6) is 11.5 Å². The van der Waals surface area contributed by atoms with Crippen molar-refractivity contribution >= 4 is 5.78 Å². The number of aliphatic hydroxyl groups is 1. The molecule has 0 bridgehead atoms. The van der Waals surface area contributed by atoms with Crippen LogP contribution in [0.2, 0.25) is 0 Å². The van der Waals surface area contributed by atoms with Crippen LogP contribution in [-0.4, -0.2) is 39.1 Å². The predicted molar refractivity (Wildman–Crippen MR) is 72.2 cm³/mol. The minimum atomic E-state index is -0.0760. The van der Waals surface area contributed by atoms with Crippen LogP contribution in [0.1, 0.15) is 18.1 Å². The number of carbonyl (C=O) groups excluding carboxylic acids is 1. The minimum Gasteiger partial charge on any atom is -0.512 e. The lowest BCUT2D eigenvalue weighted by atomic mass is 10.1. The van der Waals surface area contributed by atoms with Crippen molar-refractivity contribution in [1.82, 2.24) is 4.90 Å². The third-order valence-corrected chi connectivity index (χ3v) is 2.69. The van der Waals surface area contributed by atoms with Gasteiger partial charge in [0.1, 0.15) is 17.3 Å². The second-order valence-corrected chi connectivity index (χ2v) is 4.64. The van der Waals surface area contributed by atoms with Crippen LogP contribution in [-0.2, 0) is 11.3 Å². The summed E-state index contributed by atoms with van der Waals surface area (Å²) in [4.78, 5) is 12.8. The zero-order valence-electron chi connectivity index (χ0n) is 11.2. The second-order valence-electron chi connectivity index (χ2n) is 4.64. The van der Waals surface area contributed by atoms with Gasteiger partial charge in [-0.3, -0.25) is 9.69 Å². The van der Waals surface area contributed by atoms with Crippen molar-refractivity contribution in [1.29, 1.82) is 0 Å². The summed E-state index contributed by atoms with van der Waals surface area (Å²) in [6.45, 7) is 6.90.